The topological polar surface area (TPSA) is 38.0 Å². The van der Waals surface area contributed by atoms with Crippen LogP contribution in [0.2, 0.25) is 0 Å². The molecule has 1 fully saturated rings. The maximum atomic E-state index is 13.9. The van der Waals surface area contributed by atoms with Crippen LogP contribution in [0.5, 0.6) is 0 Å². The zero-order chi connectivity index (χ0) is 12.2. The number of benzene rings is 1. The molecule has 5 heteroatoms. The van der Waals surface area contributed by atoms with Gasteiger partial charge < -0.3 is 9.67 Å². The van der Waals surface area contributed by atoms with Crippen LogP contribution in [-0.4, -0.2) is 20.3 Å². The Morgan fingerprint density at radius 3 is 2.88 bits per heavy atom. The normalized spacial score (nSPS) is 28.4. The van der Waals surface area contributed by atoms with E-state index in [-0.39, 0.29) is 11.9 Å². The van der Waals surface area contributed by atoms with Gasteiger partial charge in [0, 0.05) is 10.5 Å². The third-order valence-electron chi connectivity index (χ3n) is 3.33. The summed E-state index contributed by atoms with van der Waals surface area (Å²) in [4.78, 5) is 4.20. The molecule has 1 saturated carbocycles. The van der Waals surface area contributed by atoms with Crippen molar-refractivity contribution in [3.8, 4) is 0 Å². The van der Waals surface area contributed by atoms with Crippen molar-refractivity contribution in [2.45, 2.75) is 31.4 Å². The van der Waals surface area contributed by atoms with E-state index in [1.807, 2.05) is 4.57 Å². The molecule has 0 atom stereocenters. The monoisotopic (exact) mass is 298 g/mol. The van der Waals surface area contributed by atoms with Crippen molar-refractivity contribution < 1.29 is 9.50 Å². The van der Waals surface area contributed by atoms with Crippen LogP contribution in [0.15, 0.2) is 22.9 Å². The minimum absolute atomic E-state index is 0.144. The third-order valence-corrected chi connectivity index (χ3v) is 3.79. The summed E-state index contributed by atoms with van der Waals surface area (Å²) in [5.74, 6) is -0.279. The highest BCUT2D eigenvalue weighted by molar-refractivity contribution is 9.10. The van der Waals surface area contributed by atoms with Crippen LogP contribution in [0.25, 0.3) is 11.0 Å². The molecular formula is C12H12BrFN2O. The number of nitrogens with zero attached hydrogens (tertiary/aromatic N) is 2. The van der Waals surface area contributed by atoms with Crippen LogP contribution in [0.3, 0.4) is 0 Å². The molecular weight excluding hydrogens is 287 g/mol. The Balaban J connectivity index is 2.07. The zero-order valence-electron chi connectivity index (χ0n) is 9.32. The maximum Gasteiger partial charge on any atom is 0.150 e. The second kappa shape index (κ2) is 3.53. The van der Waals surface area contributed by atoms with E-state index >= 15 is 0 Å². The lowest BCUT2D eigenvalue weighted by Gasteiger charge is -2.41. The Labute approximate surface area is 106 Å². The SMILES string of the molecule is C[C@]1(O)C[C@@H](n2cnc3cc(Br)cc(F)c32)C1. The lowest BCUT2D eigenvalue weighted by Crippen LogP contribution is -2.41. The average molecular weight is 299 g/mol. The van der Waals surface area contributed by atoms with Crippen LogP contribution in [-0.2, 0) is 0 Å². The Bertz CT molecular complexity index is 585. The smallest absolute Gasteiger partial charge is 0.150 e. The lowest BCUT2D eigenvalue weighted by molar-refractivity contribution is -0.0499. The molecule has 0 saturated heterocycles. The summed E-state index contributed by atoms with van der Waals surface area (Å²) in [6.45, 7) is 1.80. The molecule has 0 unspecified atom stereocenters. The fraction of sp³-hybridized carbons (Fsp3) is 0.417. The molecule has 2 aromatic rings. The quantitative estimate of drug-likeness (QED) is 0.879. The molecule has 0 amide bonds. The van der Waals surface area contributed by atoms with Crippen molar-refractivity contribution in [2.75, 3.05) is 0 Å². The van der Waals surface area contributed by atoms with Gasteiger partial charge in [0.1, 0.15) is 11.3 Å². The third kappa shape index (κ3) is 1.77. The van der Waals surface area contributed by atoms with Gasteiger partial charge in [0.05, 0.1) is 17.4 Å². The number of rotatable bonds is 1. The molecule has 0 radical (unpaired) electrons. The van der Waals surface area contributed by atoms with Gasteiger partial charge in [-0.2, -0.15) is 0 Å². The first-order valence-electron chi connectivity index (χ1n) is 5.50. The number of imidazole rings is 1. The first kappa shape index (κ1) is 11.2. The fourth-order valence-corrected chi connectivity index (χ4v) is 2.94. The summed E-state index contributed by atoms with van der Waals surface area (Å²) in [5.41, 5.74) is 0.546. The Morgan fingerprint density at radius 2 is 2.24 bits per heavy atom. The number of aromatic nitrogens is 2. The van der Waals surface area contributed by atoms with Gasteiger partial charge >= 0.3 is 0 Å². The predicted octanol–water partition coefficient (Wildman–Crippen LogP) is 3.02. The van der Waals surface area contributed by atoms with Crippen LogP contribution < -0.4 is 0 Å². The summed E-state index contributed by atoms with van der Waals surface area (Å²) in [7, 11) is 0. The lowest BCUT2D eigenvalue weighted by atomic mass is 9.77. The minimum Gasteiger partial charge on any atom is -0.390 e. The molecule has 0 bridgehead atoms. The van der Waals surface area contributed by atoms with Crippen molar-refractivity contribution >= 4 is 27.0 Å². The van der Waals surface area contributed by atoms with E-state index in [1.165, 1.54) is 6.07 Å². The van der Waals surface area contributed by atoms with E-state index in [1.54, 1.807) is 19.3 Å². The molecule has 0 spiro atoms. The second-order valence-corrected chi connectivity index (χ2v) is 5.88. The second-order valence-electron chi connectivity index (χ2n) is 4.97. The van der Waals surface area contributed by atoms with Gasteiger partial charge in [-0.3, -0.25) is 0 Å². The van der Waals surface area contributed by atoms with Gasteiger partial charge in [-0.1, -0.05) is 15.9 Å². The van der Waals surface area contributed by atoms with Gasteiger partial charge in [-0.05, 0) is 31.9 Å². The van der Waals surface area contributed by atoms with Gasteiger partial charge in [0.15, 0.2) is 0 Å². The van der Waals surface area contributed by atoms with Crippen molar-refractivity contribution in [1.29, 1.82) is 0 Å². The highest BCUT2D eigenvalue weighted by Gasteiger charge is 2.40. The Kier molecular flexibility index (Phi) is 2.32. The molecule has 0 aliphatic heterocycles. The average Bonchev–Trinajstić information content (AvgIpc) is 2.57. The van der Waals surface area contributed by atoms with Crippen molar-refractivity contribution in [2.24, 2.45) is 0 Å². The summed E-state index contributed by atoms with van der Waals surface area (Å²) >= 11 is 3.25. The maximum absolute atomic E-state index is 13.9. The van der Waals surface area contributed by atoms with Crippen molar-refractivity contribution in [3.63, 3.8) is 0 Å². The Hall–Kier alpha value is -0.940. The molecule has 1 aromatic heterocycles. The molecule has 1 heterocycles. The van der Waals surface area contributed by atoms with Crippen LogP contribution in [0, 0.1) is 5.82 Å². The zero-order valence-corrected chi connectivity index (χ0v) is 10.9. The Morgan fingerprint density at radius 1 is 1.53 bits per heavy atom. The molecule has 3 nitrogen and oxygen atoms in total. The number of aliphatic hydroxyl groups is 1. The first-order valence-corrected chi connectivity index (χ1v) is 6.29. The van der Waals surface area contributed by atoms with E-state index in [2.05, 4.69) is 20.9 Å². The molecule has 1 N–H and O–H groups in total. The van der Waals surface area contributed by atoms with Gasteiger partial charge in [-0.15, -0.1) is 0 Å². The standard InChI is InChI=1S/C12H12BrFN2O/c1-12(17)4-8(5-12)16-6-15-10-3-7(13)2-9(14)11(10)16/h2-3,6,8,17H,4-5H2,1H3/t8-,12+. The van der Waals surface area contributed by atoms with Crippen LogP contribution in [0.1, 0.15) is 25.8 Å². The summed E-state index contributed by atoms with van der Waals surface area (Å²) < 4.78 is 16.4. The van der Waals surface area contributed by atoms with Crippen molar-refractivity contribution in [1.82, 2.24) is 9.55 Å². The predicted molar refractivity (Wildman–Crippen MR) is 66.3 cm³/mol. The van der Waals surface area contributed by atoms with Gasteiger partial charge in [-0.25, -0.2) is 9.37 Å². The highest BCUT2D eigenvalue weighted by Crippen LogP contribution is 2.42. The molecule has 1 aliphatic rings. The van der Waals surface area contributed by atoms with E-state index in [0.29, 0.717) is 28.3 Å². The van der Waals surface area contributed by atoms with Crippen LogP contribution in [0.4, 0.5) is 4.39 Å². The molecule has 17 heavy (non-hydrogen) atoms. The molecule has 90 valence electrons. The number of halogens is 2. The number of hydrogen-bond acceptors (Lipinski definition) is 2. The number of hydrogen-bond donors (Lipinski definition) is 1. The summed E-state index contributed by atoms with van der Waals surface area (Å²) in [6.07, 6.45) is 2.95. The van der Waals surface area contributed by atoms with E-state index in [0.717, 1.165) is 0 Å². The molecule has 3 rings (SSSR count). The summed E-state index contributed by atoms with van der Waals surface area (Å²) in [6, 6.07) is 3.38. The largest absolute Gasteiger partial charge is 0.390 e. The number of fused-ring (bicyclic) bond motifs is 1. The summed E-state index contributed by atoms with van der Waals surface area (Å²) in [5, 5.41) is 9.73. The van der Waals surface area contributed by atoms with Crippen LogP contribution >= 0.6 is 15.9 Å². The first-order chi connectivity index (χ1) is 7.96. The highest BCUT2D eigenvalue weighted by atomic mass is 79.9. The fourth-order valence-electron chi connectivity index (χ4n) is 2.52. The van der Waals surface area contributed by atoms with Crippen molar-refractivity contribution in [3.05, 3.63) is 28.7 Å². The van der Waals surface area contributed by atoms with Gasteiger partial charge in [0.2, 0.25) is 0 Å². The minimum atomic E-state index is -0.618. The molecule has 1 aromatic carbocycles. The van der Waals surface area contributed by atoms with E-state index in [4.69, 9.17) is 0 Å². The molecule has 1 aliphatic carbocycles. The van der Waals surface area contributed by atoms with E-state index in [9.17, 15) is 9.50 Å². The van der Waals surface area contributed by atoms with E-state index < -0.39 is 5.60 Å². The van der Waals surface area contributed by atoms with Gasteiger partial charge in [0.25, 0.3) is 0 Å².